The summed E-state index contributed by atoms with van der Waals surface area (Å²) in [5.74, 6) is 0. The average molecular weight is 288 g/mol. The van der Waals surface area contributed by atoms with Crippen molar-refractivity contribution in [2.24, 2.45) is 10.2 Å². The molecule has 0 bridgehead atoms. The topological polar surface area (TPSA) is 72.3 Å². The fraction of sp³-hybridized carbons (Fsp3) is 0.222. The van der Waals surface area contributed by atoms with Crippen LogP contribution in [0.1, 0.15) is 25.0 Å². The lowest BCUT2D eigenvalue weighted by Gasteiger charge is -2.20. The minimum atomic E-state index is -1.12. The Morgan fingerprint density at radius 3 is 1.27 bits per heavy atom. The molecule has 2 atom stereocenters. The number of nitrogens with zero attached hydrogens (tertiary/aromatic N) is 4. The molecule has 4 heteroatoms. The third-order valence-corrected chi connectivity index (χ3v) is 3.56. The predicted molar refractivity (Wildman–Crippen MR) is 83.7 cm³/mol. The van der Waals surface area contributed by atoms with Crippen LogP contribution in [0.5, 0.6) is 0 Å². The van der Waals surface area contributed by atoms with Crippen molar-refractivity contribution in [3.05, 3.63) is 71.8 Å². The minimum Gasteiger partial charge on any atom is -0.195 e. The summed E-state index contributed by atoms with van der Waals surface area (Å²) in [5.41, 5.74) is -0.744. The van der Waals surface area contributed by atoms with E-state index < -0.39 is 11.1 Å². The van der Waals surface area contributed by atoms with Crippen molar-refractivity contribution in [3.8, 4) is 12.1 Å². The van der Waals surface area contributed by atoms with Gasteiger partial charge in [-0.3, -0.25) is 0 Å². The zero-order valence-electron chi connectivity index (χ0n) is 12.6. The van der Waals surface area contributed by atoms with Gasteiger partial charge in [-0.25, -0.2) is 0 Å². The molecule has 0 saturated carbocycles. The van der Waals surface area contributed by atoms with Gasteiger partial charge in [0.15, 0.2) is 11.1 Å². The molecule has 0 aromatic heterocycles. The fourth-order valence-corrected chi connectivity index (χ4v) is 2.01. The number of hydrogen-bond donors (Lipinski definition) is 0. The van der Waals surface area contributed by atoms with Crippen LogP contribution in [-0.2, 0) is 11.1 Å². The van der Waals surface area contributed by atoms with Crippen LogP contribution >= 0.6 is 0 Å². The molecule has 0 saturated heterocycles. The van der Waals surface area contributed by atoms with Crippen molar-refractivity contribution in [2.45, 2.75) is 24.9 Å². The summed E-state index contributed by atoms with van der Waals surface area (Å²) in [7, 11) is 0. The lowest BCUT2D eigenvalue weighted by molar-refractivity contribution is 0.517. The molecule has 2 aromatic rings. The third kappa shape index (κ3) is 3.02. The first-order valence-electron chi connectivity index (χ1n) is 6.92. The van der Waals surface area contributed by atoms with Crippen LogP contribution in [0, 0.1) is 22.7 Å². The maximum atomic E-state index is 9.49. The molecule has 0 aliphatic rings. The van der Waals surface area contributed by atoms with E-state index in [1.165, 1.54) is 0 Å². The third-order valence-electron chi connectivity index (χ3n) is 3.56. The SMILES string of the molecule is CC(C#N)(N=NC(C)(C#N)c1ccccc1)c1ccccc1. The van der Waals surface area contributed by atoms with Gasteiger partial charge < -0.3 is 0 Å². The second-order valence-electron chi connectivity index (χ2n) is 5.30. The second-order valence-corrected chi connectivity index (χ2v) is 5.30. The lowest BCUT2D eigenvalue weighted by Crippen LogP contribution is -2.20. The fourth-order valence-electron chi connectivity index (χ4n) is 2.01. The number of benzene rings is 2. The van der Waals surface area contributed by atoms with Gasteiger partial charge in [0.1, 0.15) is 0 Å². The van der Waals surface area contributed by atoms with E-state index in [0.29, 0.717) is 0 Å². The molecule has 2 rings (SSSR count). The van der Waals surface area contributed by atoms with Gasteiger partial charge in [-0.15, -0.1) is 0 Å². The molecule has 0 spiro atoms. The highest BCUT2D eigenvalue weighted by Gasteiger charge is 2.30. The van der Waals surface area contributed by atoms with Gasteiger partial charge in [0.05, 0.1) is 12.1 Å². The van der Waals surface area contributed by atoms with Gasteiger partial charge in [-0.2, -0.15) is 20.8 Å². The van der Waals surface area contributed by atoms with Crippen LogP contribution in [-0.4, -0.2) is 0 Å². The Labute approximate surface area is 130 Å². The van der Waals surface area contributed by atoms with Gasteiger partial charge in [0.2, 0.25) is 0 Å². The number of nitriles is 2. The molecule has 0 aliphatic carbocycles. The maximum absolute atomic E-state index is 9.49. The summed E-state index contributed by atoms with van der Waals surface area (Å²) in [5, 5.41) is 27.4. The Morgan fingerprint density at radius 2 is 1.00 bits per heavy atom. The smallest absolute Gasteiger partial charge is 0.189 e. The first-order chi connectivity index (χ1) is 10.5. The second kappa shape index (κ2) is 6.20. The first kappa shape index (κ1) is 15.4. The molecule has 0 heterocycles. The summed E-state index contributed by atoms with van der Waals surface area (Å²) in [6, 6.07) is 22.8. The molecular weight excluding hydrogens is 272 g/mol. The van der Waals surface area contributed by atoms with Crippen LogP contribution in [0.25, 0.3) is 0 Å². The van der Waals surface area contributed by atoms with E-state index in [2.05, 4.69) is 22.4 Å². The predicted octanol–water partition coefficient (Wildman–Crippen LogP) is 4.32. The molecule has 2 aromatic carbocycles. The van der Waals surface area contributed by atoms with E-state index in [-0.39, 0.29) is 0 Å². The van der Waals surface area contributed by atoms with Crippen LogP contribution in [0.4, 0.5) is 0 Å². The number of rotatable bonds is 4. The largest absolute Gasteiger partial charge is 0.195 e. The van der Waals surface area contributed by atoms with Crippen LogP contribution in [0.2, 0.25) is 0 Å². The van der Waals surface area contributed by atoms with Crippen molar-refractivity contribution >= 4 is 0 Å². The summed E-state index contributed by atoms with van der Waals surface area (Å²) in [6.07, 6.45) is 0. The van der Waals surface area contributed by atoms with Gasteiger partial charge in [-0.1, -0.05) is 60.7 Å². The normalized spacial score (nSPS) is 16.2. The van der Waals surface area contributed by atoms with Crippen LogP contribution < -0.4 is 0 Å². The molecule has 0 radical (unpaired) electrons. The number of azo groups is 1. The highest BCUT2D eigenvalue weighted by molar-refractivity contribution is 5.32. The summed E-state index contributed by atoms with van der Waals surface area (Å²) < 4.78 is 0. The van der Waals surface area contributed by atoms with Crippen molar-refractivity contribution in [1.82, 2.24) is 0 Å². The lowest BCUT2D eigenvalue weighted by atomic mass is 9.93. The monoisotopic (exact) mass is 288 g/mol. The highest BCUT2D eigenvalue weighted by atomic mass is 15.2. The molecule has 2 unspecified atom stereocenters. The Morgan fingerprint density at radius 1 is 0.682 bits per heavy atom. The zero-order valence-corrected chi connectivity index (χ0v) is 12.6. The number of hydrogen-bond acceptors (Lipinski definition) is 4. The Balaban J connectivity index is 2.41. The van der Waals surface area contributed by atoms with Crippen LogP contribution in [0.3, 0.4) is 0 Å². The first-order valence-corrected chi connectivity index (χ1v) is 6.92. The molecule has 0 amide bonds. The van der Waals surface area contributed by atoms with Crippen molar-refractivity contribution < 1.29 is 0 Å². The summed E-state index contributed by atoms with van der Waals surface area (Å²) >= 11 is 0. The molecule has 108 valence electrons. The zero-order chi connectivity index (χ0) is 16.1. The van der Waals surface area contributed by atoms with Crippen molar-refractivity contribution in [2.75, 3.05) is 0 Å². The van der Waals surface area contributed by atoms with Gasteiger partial charge in [0.25, 0.3) is 0 Å². The Hall–Kier alpha value is -2.98. The average Bonchev–Trinajstić information content (AvgIpc) is 2.61. The summed E-state index contributed by atoms with van der Waals surface area (Å²) in [4.78, 5) is 0. The Bertz CT molecular complexity index is 675. The maximum Gasteiger partial charge on any atom is 0.189 e. The van der Waals surface area contributed by atoms with Crippen molar-refractivity contribution in [3.63, 3.8) is 0 Å². The standard InChI is InChI=1S/C18H16N4/c1-17(13-19,15-9-5-3-6-10-15)21-22-18(2,14-20)16-11-7-4-8-12-16/h3-12H,1-2H3. The van der Waals surface area contributed by atoms with Crippen LogP contribution in [0.15, 0.2) is 70.9 Å². The molecule has 0 aliphatic heterocycles. The molecule has 0 fully saturated rings. The van der Waals surface area contributed by atoms with E-state index in [0.717, 1.165) is 11.1 Å². The van der Waals surface area contributed by atoms with E-state index in [4.69, 9.17) is 0 Å². The van der Waals surface area contributed by atoms with E-state index in [1.807, 2.05) is 60.7 Å². The Kier molecular flexibility index (Phi) is 4.34. The van der Waals surface area contributed by atoms with Gasteiger partial charge in [0, 0.05) is 0 Å². The van der Waals surface area contributed by atoms with Crippen molar-refractivity contribution in [1.29, 1.82) is 10.5 Å². The van der Waals surface area contributed by atoms with E-state index >= 15 is 0 Å². The minimum absolute atomic E-state index is 0.745. The van der Waals surface area contributed by atoms with E-state index in [1.54, 1.807) is 13.8 Å². The molecular formula is C18H16N4. The van der Waals surface area contributed by atoms with Gasteiger partial charge >= 0.3 is 0 Å². The molecule has 4 nitrogen and oxygen atoms in total. The quantitative estimate of drug-likeness (QED) is 0.786. The summed E-state index contributed by atoms with van der Waals surface area (Å²) in [6.45, 7) is 3.38. The molecule has 0 N–H and O–H groups in total. The molecule has 22 heavy (non-hydrogen) atoms. The van der Waals surface area contributed by atoms with Gasteiger partial charge in [-0.05, 0) is 25.0 Å². The van der Waals surface area contributed by atoms with E-state index in [9.17, 15) is 10.5 Å². The highest BCUT2D eigenvalue weighted by Crippen LogP contribution is 2.30.